The van der Waals surface area contributed by atoms with Crippen molar-refractivity contribution in [3.05, 3.63) is 45.2 Å². The van der Waals surface area contributed by atoms with Crippen LogP contribution < -0.4 is 10.2 Å². The smallest absolute Gasteiger partial charge is 0.350 e. The zero-order valence-electron chi connectivity index (χ0n) is 16.4. The Morgan fingerprint density at radius 2 is 1.81 bits per heavy atom. The number of halogens is 1. The van der Waals surface area contributed by atoms with Gasteiger partial charge in [0.15, 0.2) is 0 Å². The number of benzene rings is 1. The standard InChI is InChI=1S/C19H26ClN5O2/c1-12(2)9-24(10-13(3)4)19-17(25(26)27)18(21-11-22-19)23-16-8-15(20)7-6-14(16)5/h6-8,11-13H,9-10H2,1-5H3,(H,21,22,23). The molecular weight excluding hydrogens is 366 g/mol. The number of nitro groups is 1. The van der Waals surface area contributed by atoms with Crippen molar-refractivity contribution in [1.82, 2.24) is 9.97 Å². The van der Waals surface area contributed by atoms with Gasteiger partial charge in [-0.15, -0.1) is 0 Å². The third-order valence-electron chi connectivity index (χ3n) is 3.91. The number of nitrogens with one attached hydrogen (secondary N) is 1. The van der Waals surface area contributed by atoms with Crippen LogP contribution in [-0.2, 0) is 0 Å². The number of hydrogen-bond donors (Lipinski definition) is 1. The molecule has 0 unspecified atom stereocenters. The van der Waals surface area contributed by atoms with Crippen molar-refractivity contribution in [2.45, 2.75) is 34.6 Å². The van der Waals surface area contributed by atoms with E-state index in [0.29, 0.717) is 41.5 Å². The van der Waals surface area contributed by atoms with Gasteiger partial charge in [0.25, 0.3) is 0 Å². The molecule has 0 fully saturated rings. The lowest BCUT2D eigenvalue weighted by atomic mass is 10.1. The van der Waals surface area contributed by atoms with E-state index in [0.717, 1.165) is 5.56 Å². The van der Waals surface area contributed by atoms with Crippen LogP contribution in [0.2, 0.25) is 5.02 Å². The van der Waals surface area contributed by atoms with Crippen LogP contribution in [0.15, 0.2) is 24.5 Å². The molecule has 0 radical (unpaired) electrons. The summed E-state index contributed by atoms with van der Waals surface area (Å²) in [6.45, 7) is 11.6. The lowest BCUT2D eigenvalue weighted by Gasteiger charge is -2.27. The molecule has 0 atom stereocenters. The molecule has 146 valence electrons. The van der Waals surface area contributed by atoms with Crippen LogP contribution in [0.4, 0.5) is 23.0 Å². The Morgan fingerprint density at radius 3 is 2.37 bits per heavy atom. The average molecular weight is 392 g/mol. The van der Waals surface area contributed by atoms with E-state index in [1.54, 1.807) is 12.1 Å². The van der Waals surface area contributed by atoms with Crippen molar-refractivity contribution in [3.63, 3.8) is 0 Å². The third-order valence-corrected chi connectivity index (χ3v) is 4.14. The molecule has 0 saturated carbocycles. The van der Waals surface area contributed by atoms with E-state index in [1.807, 2.05) is 17.9 Å². The summed E-state index contributed by atoms with van der Waals surface area (Å²) in [7, 11) is 0. The normalized spacial score (nSPS) is 11.1. The number of anilines is 3. The second kappa shape index (κ2) is 8.99. The first kappa shape index (κ1) is 20.9. The van der Waals surface area contributed by atoms with E-state index in [4.69, 9.17) is 11.6 Å². The van der Waals surface area contributed by atoms with Gasteiger partial charge in [0.1, 0.15) is 6.33 Å². The molecule has 7 nitrogen and oxygen atoms in total. The maximum absolute atomic E-state index is 11.9. The predicted molar refractivity (Wildman–Crippen MR) is 110 cm³/mol. The Hall–Kier alpha value is -2.41. The highest BCUT2D eigenvalue weighted by Gasteiger charge is 2.28. The van der Waals surface area contributed by atoms with Crippen LogP contribution in [0.1, 0.15) is 33.3 Å². The number of nitrogens with zero attached hydrogens (tertiary/aromatic N) is 4. The van der Waals surface area contributed by atoms with Crippen molar-refractivity contribution < 1.29 is 4.92 Å². The second-order valence-corrected chi connectivity index (χ2v) is 7.86. The SMILES string of the molecule is Cc1ccc(Cl)cc1Nc1ncnc(N(CC(C)C)CC(C)C)c1[N+](=O)[O-]. The zero-order valence-corrected chi connectivity index (χ0v) is 17.1. The maximum atomic E-state index is 11.9. The van der Waals surface area contributed by atoms with Gasteiger partial charge in [0.05, 0.1) is 4.92 Å². The van der Waals surface area contributed by atoms with Gasteiger partial charge in [-0.2, -0.15) is 0 Å². The molecule has 27 heavy (non-hydrogen) atoms. The van der Waals surface area contributed by atoms with Gasteiger partial charge in [-0.1, -0.05) is 45.4 Å². The third kappa shape index (κ3) is 5.53. The van der Waals surface area contributed by atoms with Crippen molar-refractivity contribution in [3.8, 4) is 0 Å². The monoisotopic (exact) mass is 391 g/mol. The minimum atomic E-state index is -0.425. The summed E-state index contributed by atoms with van der Waals surface area (Å²) in [5.74, 6) is 1.17. The Kier molecular flexibility index (Phi) is 6.96. The summed E-state index contributed by atoms with van der Waals surface area (Å²) in [4.78, 5) is 21.8. The molecule has 1 heterocycles. The topological polar surface area (TPSA) is 84.2 Å². The van der Waals surface area contributed by atoms with Crippen LogP contribution in [0.25, 0.3) is 0 Å². The molecule has 0 aliphatic rings. The molecule has 0 aliphatic carbocycles. The molecule has 0 amide bonds. The molecule has 0 saturated heterocycles. The summed E-state index contributed by atoms with van der Waals surface area (Å²) in [5.41, 5.74) is 1.46. The molecule has 1 N–H and O–H groups in total. The van der Waals surface area contributed by atoms with Crippen molar-refractivity contribution in [2.24, 2.45) is 11.8 Å². The highest BCUT2D eigenvalue weighted by Crippen LogP contribution is 2.35. The summed E-state index contributed by atoms with van der Waals surface area (Å²) >= 11 is 6.07. The van der Waals surface area contributed by atoms with Gasteiger partial charge in [-0.25, -0.2) is 9.97 Å². The second-order valence-electron chi connectivity index (χ2n) is 7.43. The Bertz CT molecular complexity index is 801. The van der Waals surface area contributed by atoms with Crippen LogP contribution in [0, 0.1) is 28.9 Å². The van der Waals surface area contributed by atoms with Crippen LogP contribution in [0.3, 0.4) is 0 Å². The highest BCUT2D eigenvalue weighted by molar-refractivity contribution is 6.30. The summed E-state index contributed by atoms with van der Waals surface area (Å²) in [6, 6.07) is 5.35. The Morgan fingerprint density at radius 1 is 1.19 bits per heavy atom. The summed E-state index contributed by atoms with van der Waals surface area (Å²) in [6.07, 6.45) is 1.36. The molecule has 2 rings (SSSR count). The quantitative estimate of drug-likeness (QED) is 0.491. The predicted octanol–water partition coefficient (Wildman–Crippen LogP) is 5.21. The molecule has 8 heteroatoms. The lowest BCUT2D eigenvalue weighted by molar-refractivity contribution is -0.383. The molecule has 2 aromatic rings. The van der Waals surface area contributed by atoms with Crippen LogP contribution >= 0.6 is 11.6 Å². The van der Waals surface area contributed by atoms with Gasteiger partial charge >= 0.3 is 5.69 Å². The fourth-order valence-electron chi connectivity index (χ4n) is 2.85. The largest absolute Gasteiger partial charge is 0.353 e. The Labute approximate surface area is 164 Å². The maximum Gasteiger partial charge on any atom is 0.353 e. The van der Waals surface area contributed by atoms with Gasteiger partial charge in [0.2, 0.25) is 11.6 Å². The highest BCUT2D eigenvalue weighted by atomic mass is 35.5. The Balaban J connectivity index is 2.52. The fraction of sp³-hybridized carbons (Fsp3) is 0.474. The molecule has 1 aromatic heterocycles. The summed E-state index contributed by atoms with van der Waals surface area (Å²) < 4.78 is 0. The van der Waals surface area contributed by atoms with Crippen molar-refractivity contribution in [2.75, 3.05) is 23.3 Å². The van der Waals surface area contributed by atoms with Gasteiger partial charge in [-0.05, 0) is 36.5 Å². The van der Waals surface area contributed by atoms with Crippen LogP contribution in [0.5, 0.6) is 0 Å². The molecule has 0 spiro atoms. The van der Waals surface area contributed by atoms with Gasteiger partial charge in [-0.3, -0.25) is 10.1 Å². The van der Waals surface area contributed by atoms with Gasteiger partial charge in [0, 0.05) is 23.8 Å². The number of rotatable bonds is 8. The number of aromatic nitrogens is 2. The first-order valence-corrected chi connectivity index (χ1v) is 9.34. The molecule has 1 aromatic carbocycles. The lowest BCUT2D eigenvalue weighted by Crippen LogP contribution is -2.32. The average Bonchev–Trinajstić information content (AvgIpc) is 2.56. The molecule has 0 aliphatic heterocycles. The van der Waals surface area contributed by atoms with E-state index in [1.165, 1.54) is 6.33 Å². The first-order chi connectivity index (χ1) is 12.7. The van der Waals surface area contributed by atoms with Crippen molar-refractivity contribution >= 4 is 34.6 Å². The number of hydrogen-bond acceptors (Lipinski definition) is 6. The van der Waals surface area contributed by atoms with Crippen molar-refractivity contribution in [1.29, 1.82) is 0 Å². The van der Waals surface area contributed by atoms with E-state index >= 15 is 0 Å². The van der Waals surface area contributed by atoms with Gasteiger partial charge < -0.3 is 10.2 Å². The van der Waals surface area contributed by atoms with E-state index in [2.05, 4.69) is 43.0 Å². The fourth-order valence-corrected chi connectivity index (χ4v) is 3.02. The van der Waals surface area contributed by atoms with Crippen LogP contribution in [-0.4, -0.2) is 28.0 Å². The zero-order chi connectivity index (χ0) is 20.1. The van der Waals surface area contributed by atoms with E-state index in [9.17, 15) is 10.1 Å². The van der Waals surface area contributed by atoms with E-state index < -0.39 is 4.92 Å². The molecular formula is C19H26ClN5O2. The minimum absolute atomic E-state index is 0.127. The first-order valence-electron chi connectivity index (χ1n) is 8.96. The summed E-state index contributed by atoms with van der Waals surface area (Å²) in [5, 5.41) is 15.5. The molecule has 0 bridgehead atoms. The minimum Gasteiger partial charge on any atom is -0.350 e. The van der Waals surface area contributed by atoms with E-state index in [-0.39, 0.29) is 11.5 Å². The number of aryl methyl sites for hydroxylation is 1.